The van der Waals surface area contributed by atoms with Gasteiger partial charge in [0.1, 0.15) is 6.07 Å². The Hall–Kier alpha value is -1.29. The highest BCUT2D eigenvalue weighted by molar-refractivity contribution is 5.37. The molecule has 0 fully saturated rings. The number of nitriles is 1. The number of hydrogen-bond acceptors (Lipinski definition) is 1. The van der Waals surface area contributed by atoms with Crippen molar-refractivity contribution in [3.8, 4) is 6.07 Å². The van der Waals surface area contributed by atoms with Gasteiger partial charge in [0.05, 0.1) is 5.56 Å². The van der Waals surface area contributed by atoms with Gasteiger partial charge in [-0.05, 0) is 19.4 Å². The van der Waals surface area contributed by atoms with Crippen LogP contribution in [-0.2, 0) is 0 Å². The van der Waals surface area contributed by atoms with Crippen LogP contribution in [0.15, 0.2) is 12.1 Å². The van der Waals surface area contributed by atoms with Gasteiger partial charge in [-0.25, -0.2) is 0 Å². The summed E-state index contributed by atoms with van der Waals surface area (Å²) in [5.74, 6) is 0. The van der Waals surface area contributed by atoms with Crippen LogP contribution in [0.25, 0.3) is 0 Å². The highest BCUT2D eigenvalue weighted by atomic mass is 14.2. The number of hydrogen-bond donors (Lipinski definition) is 0. The van der Waals surface area contributed by atoms with Crippen LogP contribution in [0.4, 0.5) is 0 Å². The summed E-state index contributed by atoms with van der Waals surface area (Å²) in [6, 6.07) is 8.77. The molecule has 0 atom stereocenters. The first-order valence-corrected chi connectivity index (χ1v) is 3.13. The Morgan fingerprint density at radius 3 is 2.70 bits per heavy atom. The molecule has 0 N–H and O–H groups in total. The summed E-state index contributed by atoms with van der Waals surface area (Å²) in [7, 11) is 0. The van der Waals surface area contributed by atoms with Gasteiger partial charge in [0.15, 0.2) is 0 Å². The Bertz CT molecular complexity index is 281. The summed E-state index contributed by atoms with van der Waals surface area (Å²) in [4.78, 5) is 0. The van der Waals surface area contributed by atoms with E-state index < -0.39 is 0 Å². The van der Waals surface area contributed by atoms with Crippen molar-refractivity contribution >= 4 is 0 Å². The van der Waals surface area contributed by atoms with E-state index >= 15 is 0 Å². The van der Waals surface area contributed by atoms with E-state index in [4.69, 9.17) is 5.26 Å². The molecule has 1 rings (SSSR count). The van der Waals surface area contributed by atoms with Crippen molar-refractivity contribution in [1.29, 1.82) is 5.26 Å². The zero-order valence-electron chi connectivity index (χ0n) is 6.10. The molecule has 0 heterocycles. The largest absolute Gasteiger partial charge is 0.192 e. The minimum absolute atomic E-state index is 0.644. The van der Waals surface area contributed by atoms with Gasteiger partial charge in [0.2, 0.25) is 0 Å². The topological polar surface area (TPSA) is 23.8 Å². The van der Waals surface area contributed by atoms with E-state index in [1.165, 1.54) is 0 Å². The Morgan fingerprint density at radius 1 is 1.50 bits per heavy atom. The standard InChI is InChI=1S/C9H8N/c1-7-3-4-9(6-10)8(2)5-7/h3,5H,1-2H3. The maximum atomic E-state index is 8.53. The first-order valence-electron chi connectivity index (χ1n) is 3.13. The van der Waals surface area contributed by atoms with Crippen molar-refractivity contribution in [2.75, 3.05) is 0 Å². The zero-order chi connectivity index (χ0) is 7.56. The highest BCUT2D eigenvalue weighted by Crippen LogP contribution is 2.07. The predicted octanol–water partition coefficient (Wildman–Crippen LogP) is 1.98. The lowest BCUT2D eigenvalue weighted by Gasteiger charge is -1.95. The molecule has 1 heteroatoms. The smallest absolute Gasteiger partial charge is 0.100 e. The van der Waals surface area contributed by atoms with Crippen LogP contribution in [0.3, 0.4) is 0 Å². The lowest BCUT2D eigenvalue weighted by molar-refractivity contribution is 1.34. The summed E-state index contributed by atoms with van der Waals surface area (Å²) in [6.07, 6.45) is 0. The average molecular weight is 130 g/mol. The second-order valence-electron chi connectivity index (χ2n) is 2.35. The summed E-state index contributed by atoms with van der Waals surface area (Å²) in [5.41, 5.74) is 2.80. The molecule has 0 saturated carbocycles. The first-order chi connectivity index (χ1) is 4.74. The lowest BCUT2D eigenvalue weighted by atomic mass is 10.1. The Morgan fingerprint density at radius 2 is 2.20 bits per heavy atom. The Labute approximate surface area is 60.9 Å². The van der Waals surface area contributed by atoms with Gasteiger partial charge in [0.25, 0.3) is 0 Å². The molecule has 10 heavy (non-hydrogen) atoms. The summed E-state index contributed by atoms with van der Waals surface area (Å²) < 4.78 is 0. The van der Waals surface area contributed by atoms with E-state index in [0.717, 1.165) is 11.1 Å². The van der Waals surface area contributed by atoms with Crippen LogP contribution in [0, 0.1) is 31.2 Å². The molecule has 0 amide bonds. The molecular weight excluding hydrogens is 122 g/mol. The molecule has 1 aromatic rings. The molecule has 1 radical (unpaired) electrons. The second kappa shape index (κ2) is 2.53. The molecule has 0 saturated heterocycles. The molecule has 0 aliphatic heterocycles. The summed E-state index contributed by atoms with van der Waals surface area (Å²) in [6.45, 7) is 3.91. The molecule has 0 aliphatic rings. The summed E-state index contributed by atoms with van der Waals surface area (Å²) in [5, 5.41) is 8.53. The molecule has 1 aromatic carbocycles. The van der Waals surface area contributed by atoms with Gasteiger partial charge in [-0.15, -0.1) is 0 Å². The van der Waals surface area contributed by atoms with E-state index in [2.05, 4.69) is 12.1 Å². The van der Waals surface area contributed by atoms with E-state index in [1.54, 1.807) is 0 Å². The minimum atomic E-state index is 0.644. The summed E-state index contributed by atoms with van der Waals surface area (Å²) >= 11 is 0. The van der Waals surface area contributed by atoms with Crippen LogP contribution in [0.2, 0.25) is 0 Å². The fourth-order valence-electron chi connectivity index (χ4n) is 0.876. The van der Waals surface area contributed by atoms with E-state index in [0.29, 0.717) is 5.56 Å². The van der Waals surface area contributed by atoms with Crippen LogP contribution >= 0.6 is 0 Å². The molecule has 0 spiro atoms. The van der Waals surface area contributed by atoms with Gasteiger partial charge in [-0.2, -0.15) is 5.26 Å². The minimum Gasteiger partial charge on any atom is -0.192 e. The van der Waals surface area contributed by atoms with Crippen LogP contribution in [-0.4, -0.2) is 0 Å². The van der Waals surface area contributed by atoms with Gasteiger partial charge in [-0.1, -0.05) is 17.7 Å². The molecule has 0 bridgehead atoms. The third-order valence-corrected chi connectivity index (χ3v) is 1.39. The first kappa shape index (κ1) is 6.82. The van der Waals surface area contributed by atoms with Crippen LogP contribution in [0.5, 0.6) is 0 Å². The fourth-order valence-corrected chi connectivity index (χ4v) is 0.876. The van der Waals surface area contributed by atoms with Crippen molar-refractivity contribution in [1.82, 2.24) is 0 Å². The highest BCUT2D eigenvalue weighted by Gasteiger charge is 1.94. The zero-order valence-corrected chi connectivity index (χ0v) is 6.10. The van der Waals surface area contributed by atoms with Crippen molar-refractivity contribution in [3.63, 3.8) is 0 Å². The Kier molecular flexibility index (Phi) is 1.73. The maximum Gasteiger partial charge on any atom is 0.100 e. The number of aryl methyl sites for hydroxylation is 2. The third kappa shape index (κ3) is 1.16. The Balaban J connectivity index is 3.23. The fraction of sp³-hybridized carbons (Fsp3) is 0.222. The van der Waals surface area contributed by atoms with E-state index in [9.17, 15) is 0 Å². The number of nitrogens with zero attached hydrogens (tertiary/aromatic N) is 1. The van der Waals surface area contributed by atoms with E-state index in [-0.39, 0.29) is 0 Å². The maximum absolute atomic E-state index is 8.53. The van der Waals surface area contributed by atoms with Gasteiger partial charge >= 0.3 is 0 Å². The van der Waals surface area contributed by atoms with E-state index in [1.807, 2.05) is 26.0 Å². The normalized spacial score (nSPS) is 8.90. The lowest BCUT2D eigenvalue weighted by Crippen LogP contribution is -1.82. The average Bonchev–Trinajstić information content (AvgIpc) is 1.88. The SMILES string of the molecule is Cc1c[c]c(C#N)c(C)c1. The number of rotatable bonds is 0. The van der Waals surface area contributed by atoms with Crippen molar-refractivity contribution in [2.45, 2.75) is 13.8 Å². The predicted molar refractivity (Wildman–Crippen MR) is 39.5 cm³/mol. The van der Waals surface area contributed by atoms with Crippen LogP contribution < -0.4 is 0 Å². The third-order valence-electron chi connectivity index (χ3n) is 1.39. The van der Waals surface area contributed by atoms with Crippen molar-refractivity contribution in [3.05, 3.63) is 34.9 Å². The number of benzene rings is 1. The molecule has 0 aromatic heterocycles. The molecule has 1 nitrogen and oxygen atoms in total. The quantitative estimate of drug-likeness (QED) is 0.526. The van der Waals surface area contributed by atoms with Gasteiger partial charge in [0, 0.05) is 6.07 Å². The molecular formula is C9H8N. The van der Waals surface area contributed by atoms with Crippen LogP contribution in [0.1, 0.15) is 16.7 Å². The molecule has 49 valence electrons. The van der Waals surface area contributed by atoms with Crippen molar-refractivity contribution < 1.29 is 0 Å². The monoisotopic (exact) mass is 130 g/mol. The van der Waals surface area contributed by atoms with Gasteiger partial charge < -0.3 is 0 Å². The molecule has 0 aliphatic carbocycles. The van der Waals surface area contributed by atoms with Crippen molar-refractivity contribution in [2.24, 2.45) is 0 Å². The molecule has 0 unspecified atom stereocenters. The van der Waals surface area contributed by atoms with Gasteiger partial charge in [-0.3, -0.25) is 0 Å². The second-order valence-corrected chi connectivity index (χ2v) is 2.35.